The van der Waals surface area contributed by atoms with Crippen molar-refractivity contribution in [3.8, 4) is 0 Å². The van der Waals surface area contributed by atoms with E-state index in [2.05, 4.69) is 10.3 Å². The number of para-hydroxylation sites is 1. The van der Waals surface area contributed by atoms with Crippen LogP contribution < -0.4 is 10.9 Å². The number of amides is 1. The van der Waals surface area contributed by atoms with Crippen LogP contribution in [0.3, 0.4) is 0 Å². The van der Waals surface area contributed by atoms with Crippen LogP contribution >= 0.6 is 11.8 Å². The monoisotopic (exact) mass is 329 g/mol. The van der Waals surface area contributed by atoms with Gasteiger partial charge in [0.15, 0.2) is 5.16 Å². The Labute approximate surface area is 139 Å². The molecule has 1 aliphatic heterocycles. The van der Waals surface area contributed by atoms with Crippen molar-refractivity contribution in [1.29, 1.82) is 0 Å². The number of anilines is 1. The normalized spacial score (nSPS) is 16.4. The minimum absolute atomic E-state index is 0.0683. The van der Waals surface area contributed by atoms with E-state index in [0.717, 1.165) is 16.5 Å². The summed E-state index contributed by atoms with van der Waals surface area (Å²) in [7, 11) is 0. The van der Waals surface area contributed by atoms with E-state index in [1.165, 1.54) is 0 Å². The molecular formula is C17H19N3O2S. The van der Waals surface area contributed by atoms with Crippen LogP contribution in [0.1, 0.15) is 37.9 Å². The van der Waals surface area contributed by atoms with Crippen molar-refractivity contribution in [2.24, 2.45) is 0 Å². The number of carbonyl (C=O) groups is 1. The Kier molecular flexibility index (Phi) is 4.52. The molecule has 0 fully saturated rings. The van der Waals surface area contributed by atoms with Gasteiger partial charge in [0.05, 0.1) is 11.7 Å². The molecule has 3 rings (SSSR count). The Bertz CT molecular complexity index is 771. The molecule has 1 aromatic heterocycles. The van der Waals surface area contributed by atoms with E-state index in [1.807, 2.05) is 44.2 Å². The molecule has 1 aromatic carbocycles. The molecule has 2 heterocycles. The van der Waals surface area contributed by atoms with E-state index >= 15 is 0 Å². The first-order chi connectivity index (χ1) is 11.0. The van der Waals surface area contributed by atoms with Crippen LogP contribution in [0, 0.1) is 0 Å². The topological polar surface area (TPSA) is 64.0 Å². The van der Waals surface area contributed by atoms with Gasteiger partial charge in [-0.15, -0.1) is 0 Å². The molecule has 0 saturated heterocycles. The highest BCUT2D eigenvalue weighted by Crippen LogP contribution is 2.32. The summed E-state index contributed by atoms with van der Waals surface area (Å²) >= 11 is 1.54. The zero-order valence-corrected chi connectivity index (χ0v) is 14.0. The van der Waals surface area contributed by atoms with Gasteiger partial charge in [-0.2, -0.15) is 0 Å². The lowest BCUT2D eigenvalue weighted by atomic mass is 10.1. The molecule has 0 aliphatic carbocycles. The quantitative estimate of drug-likeness (QED) is 0.876. The van der Waals surface area contributed by atoms with Gasteiger partial charge in [0.1, 0.15) is 0 Å². The van der Waals surface area contributed by atoms with Crippen molar-refractivity contribution < 1.29 is 4.79 Å². The summed E-state index contributed by atoms with van der Waals surface area (Å²) in [6.45, 7) is 4.03. The van der Waals surface area contributed by atoms with E-state index in [-0.39, 0.29) is 29.8 Å². The number of nitrogens with one attached hydrogen (secondary N) is 1. The molecule has 1 aliphatic rings. The van der Waals surface area contributed by atoms with Crippen molar-refractivity contribution >= 4 is 23.4 Å². The molecule has 1 atom stereocenters. The summed E-state index contributed by atoms with van der Waals surface area (Å²) in [4.78, 5) is 29.1. The Morgan fingerprint density at radius 1 is 1.39 bits per heavy atom. The lowest BCUT2D eigenvalue weighted by Gasteiger charge is -2.14. The van der Waals surface area contributed by atoms with Gasteiger partial charge in [-0.05, 0) is 18.1 Å². The summed E-state index contributed by atoms with van der Waals surface area (Å²) in [5.74, 6) is 0.829. The van der Waals surface area contributed by atoms with Gasteiger partial charge in [0.2, 0.25) is 5.91 Å². The minimum Gasteiger partial charge on any atom is -0.326 e. The lowest BCUT2D eigenvalue weighted by Crippen LogP contribution is -2.28. The Morgan fingerprint density at radius 2 is 2.13 bits per heavy atom. The largest absolute Gasteiger partial charge is 0.326 e. The number of carbonyl (C=O) groups excluding carboxylic acids is 1. The second kappa shape index (κ2) is 6.58. The van der Waals surface area contributed by atoms with Gasteiger partial charge < -0.3 is 5.32 Å². The van der Waals surface area contributed by atoms with Gasteiger partial charge in [0, 0.05) is 23.9 Å². The smallest absolute Gasteiger partial charge is 0.254 e. The fourth-order valence-electron chi connectivity index (χ4n) is 2.56. The summed E-state index contributed by atoms with van der Waals surface area (Å²) in [6.07, 6.45) is 0.275. The fraction of sp³-hybridized carbons (Fsp3) is 0.353. The second-order valence-corrected chi connectivity index (χ2v) is 6.90. The highest BCUT2D eigenvalue weighted by molar-refractivity contribution is 7.99. The van der Waals surface area contributed by atoms with Crippen LogP contribution in [0.4, 0.5) is 5.69 Å². The third kappa shape index (κ3) is 3.47. The first kappa shape index (κ1) is 15.8. The molecule has 2 aromatic rings. The zero-order chi connectivity index (χ0) is 16.4. The summed E-state index contributed by atoms with van der Waals surface area (Å²) in [6, 6.07) is 10.8. The van der Waals surface area contributed by atoms with Crippen LogP contribution in [0.25, 0.3) is 0 Å². The van der Waals surface area contributed by atoms with E-state index in [9.17, 15) is 9.59 Å². The summed E-state index contributed by atoms with van der Waals surface area (Å²) in [5, 5.41) is 3.59. The second-order valence-electron chi connectivity index (χ2n) is 5.91. The average molecular weight is 329 g/mol. The number of hydrogen-bond acceptors (Lipinski definition) is 4. The highest BCUT2D eigenvalue weighted by atomic mass is 32.2. The molecule has 0 radical (unpaired) electrons. The SMILES string of the molecule is CC(C)c1cc(=O)n2c(n1)SCC2CC(=O)Nc1ccccc1. The molecule has 1 unspecified atom stereocenters. The van der Waals surface area contributed by atoms with Crippen LogP contribution in [0.15, 0.2) is 46.3 Å². The summed E-state index contributed by atoms with van der Waals surface area (Å²) in [5.41, 5.74) is 1.51. The number of thioether (sulfide) groups is 1. The number of aromatic nitrogens is 2. The Morgan fingerprint density at radius 3 is 2.83 bits per heavy atom. The van der Waals surface area contributed by atoms with Crippen LogP contribution in [-0.2, 0) is 4.79 Å². The maximum absolute atomic E-state index is 12.4. The van der Waals surface area contributed by atoms with Crippen molar-refractivity contribution in [1.82, 2.24) is 9.55 Å². The lowest BCUT2D eigenvalue weighted by molar-refractivity contribution is -0.116. The molecular weight excluding hydrogens is 310 g/mol. The Balaban J connectivity index is 1.75. The first-order valence-electron chi connectivity index (χ1n) is 7.66. The Hall–Kier alpha value is -2.08. The van der Waals surface area contributed by atoms with Gasteiger partial charge in [-0.1, -0.05) is 43.8 Å². The maximum Gasteiger partial charge on any atom is 0.254 e. The molecule has 0 bridgehead atoms. The van der Waals surface area contributed by atoms with Gasteiger partial charge >= 0.3 is 0 Å². The number of rotatable bonds is 4. The molecule has 1 amide bonds. The van der Waals surface area contributed by atoms with Gasteiger partial charge in [0.25, 0.3) is 5.56 Å². The third-order valence-corrected chi connectivity index (χ3v) is 4.88. The van der Waals surface area contributed by atoms with E-state index in [1.54, 1.807) is 22.4 Å². The predicted molar refractivity (Wildman–Crippen MR) is 92.0 cm³/mol. The van der Waals surface area contributed by atoms with Crippen LogP contribution in [-0.4, -0.2) is 21.2 Å². The van der Waals surface area contributed by atoms with Crippen LogP contribution in [0.5, 0.6) is 0 Å². The van der Waals surface area contributed by atoms with E-state index < -0.39 is 0 Å². The minimum atomic E-state index is -0.139. The fourth-order valence-corrected chi connectivity index (χ4v) is 3.72. The molecule has 1 N–H and O–H groups in total. The van der Waals surface area contributed by atoms with E-state index in [4.69, 9.17) is 0 Å². The average Bonchev–Trinajstić information content (AvgIpc) is 2.91. The zero-order valence-electron chi connectivity index (χ0n) is 13.2. The first-order valence-corrected chi connectivity index (χ1v) is 8.64. The van der Waals surface area contributed by atoms with Crippen LogP contribution in [0.2, 0.25) is 0 Å². The van der Waals surface area contributed by atoms with Crippen molar-refractivity contribution in [2.75, 3.05) is 11.1 Å². The third-order valence-electron chi connectivity index (χ3n) is 3.78. The molecule has 5 nitrogen and oxygen atoms in total. The summed E-state index contributed by atoms with van der Waals surface area (Å²) < 4.78 is 1.65. The number of benzene rings is 1. The van der Waals surface area contributed by atoms with Crippen molar-refractivity contribution in [3.05, 3.63) is 52.4 Å². The molecule has 0 saturated carbocycles. The molecule has 0 spiro atoms. The van der Waals surface area contributed by atoms with Crippen molar-refractivity contribution in [2.45, 2.75) is 37.4 Å². The van der Waals surface area contributed by atoms with E-state index in [0.29, 0.717) is 5.75 Å². The molecule has 120 valence electrons. The molecule has 23 heavy (non-hydrogen) atoms. The number of hydrogen-bond donors (Lipinski definition) is 1. The highest BCUT2D eigenvalue weighted by Gasteiger charge is 2.28. The standard InChI is InChI=1S/C17H19N3O2S/c1-11(2)14-9-16(22)20-13(10-23-17(20)19-14)8-15(21)18-12-6-4-3-5-7-12/h3-7,9,11,13H,8,10H2,1-2H3,(H,18,21). The number of fused-ring (bicyclic) bond motifs is 1. The van der Waals surface area contributed by atoms with Gasteiger partial charge in [-0.25, -0.2) is 4.98 Å². The number of nitrogens with zero attached hydrogens (tertiary/aromatic N) is 2. The molecule has 6 heteroatoms. The van der Waals surface area contributed by atoms with Crippen molar-refractivity contribution in [3.63, 3.8) is 0 Å². The predicted octanol–water partition coefficient (Wildman–Crippen LogP) is 3.04. The van der Waals surface area contributed by atoms with Gasteiger partial charge in [-0.3, -0.25) is 14.2 Å². The maximum atomic E-state index is 12.4.